The molecule has 1 aromatic carbocycles. The molecule has 0 aliphatic heterocycles. The Morgan fingerprint density at radius 2 is 2.17 bits per heavy atom. The lowest BCUT2D eigenvalue weighted by atomic mass is 10.2. The highest BCUT2D eigenvalue weighted by Crippen LogP contribution is 2.31. The molecule has 0 spiro atoms. The van der Waals surface area contributed by atoms with E-state index in [2.05, 4.69) is 21.4 Å². The largest absolute Gasteiger partial charge is 0.316 e. The maximum Gasteiger partial charge on any atom is 0.192 e. The topological polar surface area (TPSA) is 37.8 Å². The molecule has 0 atom stereocenters. The molecule has 0 fully saturated rings. The minimum atomic E-state index is 0.721. The van der Waals surface area contributed by atoms with Crippen molar-refractivity contribution in [1.82, 2.24) is 15.3 Å². The van der Waals surface area contributed by atoms with Crippen LogP contribution in [-0.2, 0) is 6.54 Å². The SMILES string of the molecule is CNCc1ccc(Sc2nccc(C)n2)c(Cl)c1. The first-order valence-corrected chi connectivity index (χ1v) is 6.79. The average molecular weight is 280 g/mol. The molecule has 2 rings (SSSR count). The number of aryl methyl sites for hydroxylation is 1. The predicted molar refractivity (Wildman–Crippen MR) is 75.1 cm³/mol. The molecule has 94 valence electrons. The Labute approximate surface area is 116 Å². The van der Waals surface area contributed by atoms with Crippen LogP contribution in [0.2, 0.25) is 5.02 Å². The van der Waals surface area contributed by atoms with Crippen molar-refractivity contribution in [1.29, 1.82) is 0 Å². The third-order valence-corrected chi connectivity index (χ3v) is 3.73. The van der Waals surface area contributed by atoms with Crippen LogP contribution in [0.3, 0.4) is 0 Å². The number of aromatic nitrogens is 2. The summed E-state index contributed by atoms with van der Waals surface area (Å²) in [6.07, 6.45) is 1.76. The number of hydrogen-bond donors (Lipinski definition) is 1. The highest BCUT2D eigenvalue weighted by atomic mass is 35.5. The van der Waals surface area contributed by atoms with Gasteiger partial charge in [0.25, 0.3) is 0 Å². The Balaban J connectivity index is 2.19. The molecule has 0 unspecified atom stereocenters. The van der Waals surface area contributed by atoms with Crippen molar-refractivity contribution >= 4 is 23.4 Å². The van der Waals surface area contributed by atoms with Crippen LogP contribution in [0.4, 0.5) is 0 Å². The smallest absolute Gasteiger partial charge is 0.192 e. The van der Waals surface area contributed by atoms with Crippen LogP contribution in [0.5, 0.6) is 0 Å². The standard InChI is InChI=1S/C13H14ClN3S/c1-9-5-6-16-13(17-9)18-12-4-3-10(8-15-2)7-11(12)14/h3-7,15H,8H2,1-2H3. The minimum Gasteiger partial charge on any atom is -0.316 e. The summed E-state index contributed by atoms with van der Waals surface area (Å²) in [6.45, 7) is 2.76. The van der Waals surface area contributed by atoms with Gasteiger partial charge in [-0.3, -0.25) is 0 Å². The molecule has 1 heterocycles. The Morgan fingerprint density at radius 1 is 1.33 bits per heavy atom. The first-order valence-electron chi connectivity index (χ1n) is 5.59. The number of hydrogen-bond acceptors (Lipinski definition) is 4. The van der Waals surface area contributed by atoms with Crippen molar-refractivity contribution in [3.8, 4) is 0 Å². The van der Waals surface area contributed by atoms with Crippen molar-refractivity contribution in [2.45, 2.75) is 23.5 Å². The van der Waals surface area contributed by atoms with Gasteiger partial charge in [-0.2, -0.15) is 0 Å². The monoisotopic (exact) mass is 279 g/mol. The third-order valence-electron chi connectivity index (χ3n) is 2.35. The zero-order valence-corrected chi connectivity index (χ0v) is 11.8. The lowest BCUT2D eigenvalue weighted by molar-refractivity contribution is 0.817. The van der Waals surface area contributed by atoms with Crippen molar-refractivity contribution in [3.05, 3.63) is 46.7 Å². The van der Waals surface area contributed by atoms with E-state index in [9.17, 15) is 0 Å². The van der Waals surface area contributed by atoms with Crippen LogP contribution in [0.1, 0.15) is 11.3 Å². The molecule has 0 radical (unpaired) electrons. The summed E-state index contributed by atoms with van der Waals surface area (Å²) in [5, 5.41) is 4.55. The fraction of sp³-hybridized carbons (Fsp3) is 0.231. The predicted octanol–water partition coefficient (Wildman–Crippen LogP) is 3.31. The van der Waals surface area contributed by atoms with Gasteiger partial charge in [-0.1, -0.05) is 17.7 Å². The highest BCUT2D eigenvalue weighted by molar-refractivity contribution is 7.99. The molecule has 0 aliphatic carbocycles. The van der Waals surface area contributed by atoms with Gasteiger partial charge in [0.1, 0.15) is 0 Å². The quantitative estimate of drug-likeness (QED) is 0.872. The molecule has 1 N–H and O–H groups in total. The Kier molecular flexibility index (Phi) is 4.58. The minimum absolute atomic E-state index is 0.721. The summed E-state index contributed by atoms with van der Waals surface area (Å²) in [4.78, 5) is 9.54. The number of nitrogens with one attached hydrogen (secondary N) is 1. The van der Waals surface area contributed by atoms with Gasteiger partial charge in [0.2, 0.25) is 0 Å². The summed E-state index contributed by atoms with van der Waals surface area (Å²) in [6, 6.07) is 7.91. The molecule has 0 aliphatic rings. The first-order chi connectivity index (χ1) is 8.69. The molecular formula is C13H14ClN3S. The van der Waals surface area contributed by atoms with Crippen LogP contribution in [0.15, 0.2) is 40.5 Å². The van der Waals surface area contributed by atoms with Crippen molar-refractivity contribution < 1.29 is 0 Å². The molecule has 18 heavy (non-hydrogen) atoms. The van der Waals surface area contributed by atoms with Gasteiger partial charge in [0.05, 0.1) is 5.02 Å². The molecule has 0 amide bonds. The molecule has 0 saturated carbocycles. The van der Waals surface area contributed by atoms with Gasteiger partial charge >= 0.3 is 0 Å². The van der Waals surface area contributed by atoms with Crippen LogP contribution in [-0.4, -0.2) is 17.0 Å². The van der Waals surface area contributed by atoms with Crippen LogP contribution >= 0.6 is 23.4 Å². The molecule has 1 aromatic heterocycles. The van der Waals surface area contributed by atoms with E-state index in [1.807, 2.05) is 32.2 Å². The zero-order valence-electron chi connectivity index (χ0n) is 10.3. The van der Waals surface area contributed by atoms with Gasteiger partial charge in [-0.25, -0.2) is 9.97 Å². The first kappa shape index (κ1) is 13.3. The summed E-state index contributed by atoms with van der Waals surface area (Å²) in [7, 11) is 1.91. The fourth-order valence-corrected chi connectivity index (χ4v) is 2.63. The van der Waals surface area contributed by atoms with E-state index in [4.69, 9.17) is 11.6 Å². The Bertz CT molecular complexity index is 546. The van der Waals surface area contributed by atoms with Crippen molar-refractivity contribution in [2.75, 3.05) is 7.05 Å². The number of nitrogens with zero attached hydrogens (tertiary/aromatic N) is 2. The third kappa shape index (κ3) is 3.45. The summed E-state index contributed by atoms with van der Waals surface area (Å²) in [5.74, 6) is 0. The second-order valence-corrected chi connectivity index (χ2v) is 5.29. The van der Waals surface area contributed by atoms with E-state index in [-0.39, 0.29) is 0 Å². The Morgan fingerprint density at radius 3 is 2.83 bits per heavy atom. The fourth-order valence-electron chi connectivity index (χ4n) is 1.51. The van der Waals surface area contributed by atoms with Gasteiger partial charge < -0.3 is 5.32 Å². The van der Waals surface area contributed by atoms with E-state index in [1.54, 1.807) is 6.20 Å². The maximum atomic E-state index is 6.25. The van der Waals surface area contributed by atoms with Crippen molar-refractivity contribution in [3.63, 3.8) is 0 Å². The Hall–Kier alpha value is -1.10. The molecule has 5 heteroatoms. The molecule has 2 aromatic rings. The lowest BCUT2D eigenvalue weighted by Crippen LogP contribution is -2.04. The molecule has 3 nitrogen and oxygen atoms in total. The molecular weight excluding hydrogens is 266 g/mol. The number of rotatable bonds is 4. The van der Waals surface area contributed by atoms with Gasteiger partial charge in [0, 0.05) is 23.3 Å². The van der Waals surface area contributed by atoms with E-state index >= 15 is 0 Å². The van der Waals surface area contributed by atoms with Crippen LogP contribution in [0.25, 0.3) is 0 Å². The van der Waals surface area contributed by atoms with Crippen LogP contribution in [0, 0.1) is 6.92 Å². The van der Waals surface area contributed by atoms with Gasteiger partial charge in [0.15, 0.2) is 5.16 Å². The molecule has 0 bridgehead atoms. The van der Waals surface area contributed by atoms with Crippen molar-refractivity contribution in [2.24, 2.45) is 0 Å². The van der Waals surface area contributed by atoms with Crippen LogP contribution < -0.4 is 5.32 Å². The van der Waals surface area contributed by atoms with Gasteiger partial charge in [-0.15, -0.1) is 0 Å². The molecule has 0 saturated heterocycles. The van der Waals surface area contributed by atoms with E-state index < -0.39 is 0 Å². The average Bonchev–Trinajstić information content (AvgIpc) is 2.33. The van der Waals surface area contributed by atoms with E-state index in [0.717, 1.165) is 32.9 Å². The van der Waals surface area contributed by atoms with E-state index in [0.29, 0.717) is 0 Å². The van der Waals surface area contributed by atoms with Gasteiger partial charge in [-0.05, 0) is 49.5 Å². The lowest BCUT2D eigenvalue weighted by Gasteiger charge is -2.06. The normalized spacial score (nSPS) is 10.6. The summed E-state index contributed by atoms with van der Waals surface area (Å²) < 4.78 is 0. The summed E-state index contributed by atoms with van der Waals surface area (Å²) >= 11 is 7.73. The van der Waals surface area contributed by atoms with E-state index in [1.165, 1.54) is 11.8 Å². The highest BCUT2D eigenvalue weighted by Gasteiger charge is 2.06. The zero-order chi connectivity index (χ0) is 13.0. The second kappa shape index (κ2) is 6.18. The number of benzene rings is 1. The maximum absolute atomic E-state index is 6.25. The summed E-state index contributed by atoms with van der Waals surface area (Å²) in [5.41, 5.74) is 2.12. The number of halogens is 1. The second-order valence-electron chi connectivity index (χ2n) is 3.88.